The second-order valence-electron chi connectivity index (χ2n) is 5.77. The van der Waals surface area contributed by atoms with Crippen LogP contribution in [0.2, 0.25) is 0 Å². The molecule has 1 aromatic carbocycles. The number of hydrogen-bond acceptors (Lipinski definition) is 6. The molecule has 0 unspecified atom stereocenters. The third-order valence-electron chi connectivity index (χ3n) is 4.26. The van der Waals surface area contributed by atoms with Crippen LogP contribution >= 0.6 is 15.9 Å². The summed E-state index contributed by atoms with van der Waals surface area (Å²) in [6, 6.07) is 8.51. The Balaban J connectivity index is 1.55. The quantitative estimate of drug-likeness (QED) is 0.725. The molecule has 0 aliphatic heterocycles. The van der Waals surface area contributed by atoms with Crippen molar-refractivity contribution in [3.8, 4) is 11.1 Å². The van der Waals surface area contributed by atoms with Gasteiger partial charge in [0.1, 0.15) is 12.1 Å². The molecule has 3 aromatic rings. The highest BCUT2D eigenvalue weighted by atomic mass is 79.9. The van der Waals surface area contributed by atoms with Crippen LogP contribution in [0.1, 0.15) is 31.1 Å². The predicted octanol–water partition coefficient (Wildman–Crippen LogP) is 3.23. The van der Waals surface area contributed by atoms with Gasteiger partial charge in [-0.05, 0) is 47.4 Å². The van der Waals surface area contributed by atoms with Gasteiger partial charge in [-0.15, -0.1) is 5.10 Å². The summed E-state index contributed by atoms with van der Waals surface area (Å²) in [6.45, 7) is 0.532. The average molecular weight is 386 g/mol. The topological polar surface area (TPSA) is 81.4 Å². The van der Waals surface area contributed by atoms with Gasteiger partial charge < -0.3 is 5.32 Å². The van der Waals surface area contributed by atoms with Gasteiger partial charge in [0.15, 0.2) is 5.82 Å². The molecule has 1 N–H and O–H groups in total. The highest BCUT2D eigenvalue weighted by Crippen LogP contribution is 2.31. The lowest BCUT2D eigenvalue weighted by Crippen LogP contribution is -2.22. The van der Waals surface area contributed by atoms with E-state index in [1.54, 1.807) is 6.33 Å². The number of aromatic nitrogens is 6. The van der Waals surface area contributed by atoms with Crippen LogP contribution < -0.4 is 5.32 Å². The number of halogens is 1. The van der Waals surface area contributed by atoms with Gasteiger partial charge >= 0.3 is 0 Å². The number of hydrogen-bond donors (Lipinski definition) is 1. The van der Waals surface area contributed by atoms with Gasteiger partial charge in [0.25, 0.3) is 0 Å². The van der Waals surface area contributed by atoms with Crippen LogP contribution in [0.25, 0.3) is 11.1 Å². The molecule has 0 saturated heterocycles. The van der Waals surface area contributed by atoms with Gasteiger partial charge in [-0.1, -0.05) is 28.1 Å². The Morgan fingerprint density at radius 1 is 1.21 bits per heavy atom. The Bertz CT molecular complexity index is 826. The van der Waals surface area contributed by atoms with Crippen molar-refractivity contribution >= 4 is 21.7 Å². The fourth-order valence-corrected chi connectivity index (χ4v) is 2.98. The number of tetrazole rings is 1. The molecule has 1 saturated carbocycles. The molecule has 24 heavy (non-hydrogen) atoms. The molecule has 8 heteroatoms. The first-order chi connectivity index (χ1) is 11.8. The maximum Gasteiger partial charge on any atom is 0.170 e. The number of rotatable bonds is 5. The van der Waals surface area contributed by atoms with Gasteiger partial charge in [0.05, 0.1) is 12.6 Å². The highest BCUT2D eigenvalue weighted by molar-refractivity contribution is 9.10. The molecule has 0 atom stereocenters. The number of nitrogens with one attached hydrogen (secondary N) is 1. The van der Waals surface area contributed by atoms with E-state index in [0.29, 0.717) is 12.6 Å². The van der Waals surface area contributed by atoms with Crippen molar-refractivity contribution in [3.05, 3.63) is 47.1 Å². The van der Waals surface area contributed by atoms with Gasteiger partial charge in [0, 0.05) is 16.2 Å². The zero-order valence-corrected chi connectivity index (χ0v) is 14.5. The van der Waals surface area contributed by atoms with Crippen LogP contribution in [-0.4, -0.2) is 30.2 Å². The van der Waals surface area contributed by atoms with Crippen LogP contribution in [0.15, 0.2) is 41.3 Å². The summed E-state index contributed by atoms with van der Waals surface area (Å²) in [5, 5.41) is 15.4. The van der Waals surface area contributed by atoms with Crippen LogP contribution in [0.5, 0.6) is 0 Å². The molecule has 1 aliphatic carbocycles. The van der Waals surface area contributed by atoms with Gasteiger partial charge in [-0.25, -0.2) is 14.6 Å². The maximum atomic E-state index is 4.37. The van der Waals surface area contributed by atoms with E-state index in [0.717, 1.165) is 40.1 Å². The first kappa shape index (κ1) is 15.2. The highest BCUT2D eigenvalue weighted by Gasteiger charge is 2.23. The minimum atomic E-state index is 0.438. The van der Waals surface area contributed by atoms with E-state index < -0.39 is 0 Å². The number of anilines is 1. The summed E-state index contributed by atoms with van der Waals surface area (Å²) in [5.74, 6) is 1.61. The lowest BCUT2D eigenvalue weighted by Gasteiger charge is -2.25. The standard InChI is InChI=1S/C16H16BrN7/c17-12-6-4-11(5-7-12)14-8-18-10-20-16(14)19-9-15-21-22-23-24(15)13-2-1-3-13/h4-8,10,13H,1-3,9H2,(H,18,19,20). The normalized spacial score (nSPS) is 14.4. The predicted molar refractivity (Wildman–Crippen MR) is 93.2 cm³/mol. The lowest BCUT2D eigenvalue weighted by atomic mass is 9.93. The van der Waals surface area contributed by atoms with E-state index in [1.807, 2.05) is 35.1 Å². The van der Waals surface area contributed by atoms with Crippen LogP contribution in [0.3, 0.4) is 0 Å². The summed E-state index contributed by atoms with van der Waals surface area (Å²) in [7, 11) is 0. The van der Waals surface area contributed by atoms with E-state index in [2.05, 4.69) is 46.7 Å². The molecule has 1 aliphatic rings. The Labute approximate surface area is 147 Å². The van der Waals surface area contributed by atoms with Crippen molar-refractivity contribution in [2.75, 3.05) is 5.32 Å². The molecular weight excluding hydrogens is 370 g/mol. The Morgan fingerprint density at radius 2 is 2.04 bits per heavy atom. The number of benzene rings is 1. The summed E-state index contributed by atoms with van der Waals surface area (Å²) < 4.78 is 2.97. The molecule has 2 aromatic heterocycles. The van der Waals surface area contributed by atoms with E-state index in [9.17, 15) is 0 Å². The minimum Gasteiger partial charge on any atom is -0.362 e. The monoisotopic (exact) mass is 385 g/mol. The molecule has 0 radical (unpaired) electrons. The Kier molecular flexibility index (Phi) is 4.20. The fourth-order valence-electron chi connectivity index (χ4n) is 2.72. The van der Waals surface area contributed by atoms with Crippen LogP contribution in [0.4, 0.5) is 5.82 Å². The van der Waals surface area contributed by atoms with Crippen molar-refractivity contribution < 1.29 is 0 Å². The molecule has 122 valence electrons. The van der Waals surface area contributed by atoms with Crippen molar-refractivity contribution in [1.29, 1.82) is 0 Å². The molecule has 2 heterocycles. The van der Waals surface area contributed by atoms with Gasteiger partial charge in [0.2, 0.25) is 0 Å². The summed E-state index contributed by atoms with van der Waals surface area (Å²) in [5.41, 5.74) is 2.01. The van der Waals surface area contributed by atoms with Crippen LogP contribution in [-0.2, 0) is 6.54 Å². The average Bonchev–Trinajstić information content (AvgIpc) is 3.00. The zero-order valence-electron chi connectivity index (χ0n) is 12.9. The zero-order chi connectivity index (χ0) is 16.4. The molecule has 0 amide bonds. The molecule has 0 bridgehead atoms. The largest absolute Gasteiger partial charge is 0.362 e. The Hall–Kier alpha value is -2.35. The molecule has 7 nitrogen and oxygen atoms in total. The molecule has 0 spiro atoms. The van der Waals surface area contributed by atoms with E-state index in [-0.39, 0.29) is 0 Å². The lowest BCUT2D eigenvalue weighted by molar-refractivity contribution is 0.278. The summed E-state index contributed by atoms with van der Waals surface area (Å²) in [6.07, 6.45) is 6.90. The smallest absolute Gasteiger partial charge is 0.170 e. The Morgan fingerprint density at radius 3 is 2.79 bits per heavy atom. The fraction of sp³-hybridized carbons (Fsp3) is 0.312. The third kappa shape index (κ3) is 3.01. The second-order valence-corrected chi connectivity index (χ2v) is 6.69. The number of nitrogens with zero attached hydrogens (tertiary/aromatic N) is 6. The third-order valence-corrected chi connectivity index (χ3v) is 4.79. The van der Waals surface area contributed by atoms with Crippen LogP contribution in [0, 0.1) is 0 Å². The maximum absolute atomic E-state index is 4.37. The van der Waals surface area contributed by atoms with Crippen molar-refractivity contribution in [2.45, 2.75) is 31.8 Å². The minimum absolute atomic E-state index is 0.438. The SMILES string of the molecule is Brc1ccc(-c2cncnc2NCc2nnnn2C2CCC2)cc1. The molecular formula is C16H16BrN7. The summed E-state index contributed by atoms with van der Waals surface area (Å²) >= 11 is 3.46. The second kappa shape index (κ2) is 6.64. The van der Waals surface area contributed by atoms with E-state index in [4.69, 9.17) is 0 Å². The summed E-state index contributed by atoms with van der Waals surface area (Å²) in [4.78, 5) is 8.52. The van der Waals surface area contributed by atoms with E-state index >= 15 is 0 Å². The molecule has 4 rings (SSSR count). The van der Waals surface area contributed by atoms with Crippen molar-refractivity contribution in [1.82, 2.24) is 30.2 Å². The first-order valence-corrected chi connectivity index (χ1v) is 8.67. The van der Waals surface area contributed by atoms with Gasteiger partial charge in [-0.2, -0.15) is 0 Å². The van der Waals surface area contributed by atoms with Crippen molar-refractivity contribution in [2.24, 2.45) is 0 Å². The van der Waals surface area contributed by atoms with Crippen molar-refractivity contribution in [3.63, 3.8) is 0 Å². The first-order valence-electron chi connectivity index (χ1n) is 7.88. The van der Waals surface area contributed by atoms with E-state index in [1.165, 1.54) is 6.42 Å². The van der Waals surface area contributed by atoms with Gasteiger partial charge in [-0.3, -0.25) is 0 Å². The molecule has 1 fully saturated rings.